The van der Waals surface area contributed by atoms with Crippen LogP contribution in [0.5, 0.6) is 0 Å². The Morgan fingerprint density at radius 2 is 2.40 bits per heavy atom. The Morgan fingerprint density at radius 1 is 1.53 bits per heavy atom. The molecule has 2 unspecified atom stereocenters. The molecule has 0 aromatic carbocycles. The third-order valence-electron chi connectivity index (χ3n) is 3.11. The van der Waals surface area contributed by atoms with Crippen molar-refractivity contribution in [2.75, 3.05) is 12.3 Å². The molecular formula is C11H13NOS2. The molecule has 2 atom stereocenters. The van der Waals surface area contributed by atoms with Gasteiger partial charge in [0.2, 0.25) is 0 Å². The average molecular weight is 239 g/mol. The number of hydrogen-bond donors (Lipinski definition) is 0. The normalized spacial score (nSPS) is 28.7. The summed E-state index contributed by atoms with van der Waals surface area (Å²) in [5.41, 5.74) is 0. The standard InChI is InChI=1S/C11H13NOS2/c1-7-2-3-10(15-7)11(13)12-5-9-4-8(12)6-14-9/h2-3,8-9H,4-6H2,1H3. The van der Waals surface area contributed by atoms with Crippen LogP contribution in [-0.2, 0) is 0 Å². The van der Waals surface area contributed by atoms with Crippen molar-refractivity contribution < 1.29 is 4.79 Å². The lowest BCUT2D eigenvalue weighted by Crippen LogP contribution is -2.38. The van der Waals surface area contributed by atoms with Gasteiger partial charge in [-0.1, -0.05) is 0 Å². The van der Waals surface area contributed by atoms with Crippen molar-refractivity contribution in [2.45, 2.75) is 24.6 Å². The van der Waals surface area contributed by atoms with Crippen LogP contribution in [0.2, 0.25) is 0 Å². The Labute approximate surface area is 97.7 Å². The first-order chi connectivity index (χ1) is 7.24. The number of thiophene rings is 1. The molecule has 0 radical (unpaired) electrons. The van der Waals surface area contributed by atoms with Crippen LogP contribution in [-0.4, -0.2) is 34.4 Å². The van der Waals surface area contributed by atoms with E-state index in [4.69, 9.17) is 0 Å². The molecule has 0 saturated carbocycles. The van der Waals surface area contributed by atoms with Crippen LogP contribution in [0.15, 0.2) is 12.1 Å². The molecule has 3 rings (SSSR count). The van der Waals surface area contributed by atoms with Crippen LogP contribution in [0.1, 0.15) is 21.0 Å². The van der Waals surface area contributed by atoms with E-state index in [9.17, 15) is 4.79 Å². The van der Waals surface area contributed by atoms with E-state index in [2.05, 4.69) is 4.90 Å². The quantitative estimate of drug-likeness (QED) is 0.750. The number of nitrogens with zero attached hydrogens (tertiary/aromatic N) is 1. The molecule has 2 aliphatic heterocycles. The molecule has 2 bridgehead atoms. The Bertz CT molecular complexity index is 401. The van der Waals surface area contributed by atoms with Crippen LogP contribution in [0.3, 0.4) is 0 Å². The number of aryl methyl sites for hydroxylation is 1. The number of amides is 1. The molecule has 15 heavy (non-hydrogen) atoms. The predicted octanol–water partition coefficient (Wildman–Crippen LogP) is 2.39. The molecule has 4 heteroatoms. The van der Waals surface area contributed by atoms with Crippen LogP contribution in [0.4, 0.5) is 0 Å². The summed E-state index contributed by atoms with van der Waals surface area (Å²) < 4.78 is 0. The van der Waals surface area contributed by atoms with Gasteiger partial charge in [-0.15, -0.1) is 11.3 Å². The monoisotopic (exact) mass is 239 g/mol. The lowest BCUT2D eigenvalue weighted by atomic mass is 10.2. The highest BCUT2D eigenvalue weighted by Crippen LogP contribution is 2.38. The smallest absolute Gasteiger partial charge is 0.264 e. The Hall–Kier alpha value is -0.480. The zero-order valence-corrected chi connectivity index (χ0v) is 10.2. The summed E-state index contributed by atoms with van der Waals surface area (Å²) in [6, 6.07) is 4.50. The van der Waals surface area contributed by atoms with E-state index in [-0.39, 0.29) is 5.91 Å². The minimum atomic E-state index is 0.251. The minimum absolute atomic E-state index is 0.251. The van der Waals surface area contributed by atoms with Gasteiger partial charge in [0.05, 0.1) is 4.88 Å². The molecule has 2 saturated heterocycles. The fourth-order valence-corrected chi connectivity index (χ4v) is 4.60. The van der Waals surface area contributed by atoms with Crippen molar-refractivity contribution >= 4 is 29.0 Å². The van der Waals surface area contributed by atoms with Crippen molar-refractivity contribution in [1.29, 1.82) is 0 Å². The predicted molar refractivity (Wildman–Crippen MR) is 64.7 cm³/mol. The maximum Gasteiger partial charge on any atom is 0.264 e. The molecular weight excluding hydrogens is 226 g/mol. The number of carbonyl (C=O) groups excluding carboxylic acids is 1. The lowest BCUT2D eigenvalue weighted by molar-refractivity contribution is 0.0752. The number of carbonyl (C=O) groups is 1. The third kappa shape index (κ3) is 1.60. The van der Waals surface area contributed by atoms with Gasteiger partial charge >= 0.3 is 0 Å². The molecule has 80 valence electrons. The molecule has 0 spiro atoms. The zero-order valence-electron chi connectivity index (χ0n) is 8.60. The molecule has 0 N–H and O–H groups in total. The molecule has 0 aliphatic carbocycles. The number of likely N-dealkylation sites (tertiary alicyclic amines) is 1. The Kier molecular flexibility index (Phi) is 2.29. The van der Waals surface area contributed by atoms with E-state index in [0.29, 0.717) is 11.3 Å². The summed E-state index contributed by atoms with van der Waals surface area (Å²) in [5.74, 6) is 1.39. The van der Waals surface area contributed by atoms with Crippen molar-refractivity contribution in [3.05, 3.63) is 21.9 Å². The highest BCUT2D eigenvalue weighted by Gasteiger charge is 2.41. The maximum atomic E-state index is 12.2. The van der Waals surface area contributed by atoms with Gasteiger partial charge in [-0.3, -0.25) is 4.79 Å². The van der Waals surface area contributed by atoms with Gasteiger partial charge in [-0.05, 0) is 25.5 Å². The first-order valence-corrected chi connectivity index (χ1v) is 7.09. The van der Waals surface area contributed by atoms with Crippen LogP contribution < -0.4 is 0 Å². The van der Waals surface area contributed by atoms with Gasteiger partial charge in [0, 0.05) is 28.5 Å². The second kappa shape index (κ2) is 3.52. The molecule has 1 amide bonds. The Balaban J connectivity index is 1.81. The molecule has 2 aliphatic rings. The molecule has 2 nitrogen and oxygen atoms in total. The molecule has 2 fully saturated rings. The summed E-state index contributed by atoms with van der Waals surface area (Å²) in [5, 5.41) is 0.708. The van der Waals surface area contributed by atoms with Gasteiger partial charge in [-0.2, -0.15) is 11.8 Å². The second-order valence-electron chi connectivity index (χ2n) is 4.21. The summed E-state index contributed by atoms with van der Waals surface area (Å²) in [6.45, 7) is 3.01. The highest BCUT2D eigenvalue weighted by molar-refractivity contribution is 8.00. The molecule has 3 heterocycles. The van der Waals surface area contributed by atoms with Crippen LogP contribution >= 0.6 is 23.1 Å². The minimum Gasteiger partial charge on any atom is -0.333 e. The fourth-order valence-electron chi connectivity index (χ4n) is 2.34. The topological polar surface area (TPSA) is 20.3 Å². The van der Waals surface area contributed by atoms with Crippen molar-refractivity contribution in [1.82, 2.24) is 4.90 Å². The van der Waals surface area contributed by atoms with Gasteiger partial charge in [0.15, 0.2) is 0 Å². The van der Waals surface area contributed by atoms with E-state index in [1.54, 1.807) is 11.3 Å². The largest absolute Gasteiger partial charge is 0.333 e. The van der Waals surface area contributed by atoms with E-state index in [0.717, 1.165) is 17.2 Å². The van der Waals surface area contributed by atoms with Crippen molar-refractivity contribution in [2.24, 2.45) is 0 Å². The zero-order chi connectivity index (χ0) is 10.4. The van der Waals surface area contributed by atoms with E-state index in [1.165, 1.54) is 11.3 Å². The number of fused-ring (bicyclic) bond motifs is 2. The second-order valence-corrected chi connectivity index (χ2v) is 6.83. The van der Waals surface area contributed by atoms with Gasteiger partial charge < -0.3 is 4.90 Å². The summed E-state index contributed by atoms with van der Waals surface area (Å²) in [6.07, 6.45) is 1.21. The van der Waals surface area contributed by atoms with Crippen LogP contribution in [0, 0.1) is 6.92 Å². The van der Waals surface area contributed by atoms with Gasteiger partial charge in [0.1, 0.15) is 0 Å². The van der Waals surface area contributed by atoms with E-state index >= 15 is 0 Å². The Morgan fingerprint density at radius 3 is 2.93 bits per heavy atom. The van der Waals surface area contributed by atoms with Gasteiger partial charge in [0.25, 0.3) is 5.91 Å². The fraction of sp³-hybridized carbons (Fsp3) is 0.545. The van der Waals surface area contributed by atoms with Crippen LogP contribution in [0.25, 0.3) is 0 Å². The van der Waals surface area contributed by atoms with E-state index in [1.807, 2.05) is 30.8 Å². The van der Waals surface area contributed by atoms with Gasteiger partial charge in [-0.25, -0.2) is 0 Å². The first-order valence-electron chi connectivity index (χ1n) is 5.23. The number of rotatable bonds is 1. The summed E-state index contributed by atoms with van der Waals surface area (Å²) in [7, 11) is 0. The average Bonchev–Trinajstić information content (AvgIpc) is 2.90. The number of hydrogen-bond acceptors (Lipinski definition) is 3. The van der Waals surface area contributed by atoms with E-state index < -0.39 is 0 Å². The summed E-state index contributed by atoms with van der Waals surface area (Å²) in [4.78, 5) is 16.4. The SMILES string of the molecule is Cc1ccc(C(=O)N2CC3CC2CS3)s1. The first kappa shape index (κ1) is 9.73. The third-order valence-corrected chi connectivity index (χ3v) is 5.49. The lowest BCUT2D eigenvalue weighted by Gasteiger charge is -2.26. The van der Waals surface area contributed by atoms with Crippen molar-refractivity contribution in [3.8, 4) is 0 Å². The highest BCUT2D eigenvalue weighted by atomic mass is 32.2. The maximum absolute atomic E-state index is 12.2. The number of thioether (sulfide) groups is 1. The molecule has 1 aromatic rings. The summed E-state index contributed by atoms with van der Waals surface area (Å²) >= 11 is 3.64. The molecule has 1 aromatic heterocycles. The van der Waals surface area contributed by atoms with Crippen molar-refractivity contribution in [3.63, 3.8) is 0 Å².